The summed E-state index contributed by atoms with van der Waals surface area (Å²) >= 11 is 0. The van der Waals surface area contributed by atoms with E-state index in [0.717, 1.165) is 5.69 Å². The van der Waals surface area contributed by atoms with E-state index in [1.807, 2.05) is 0 Å². The van der Waals surface area contributed by atoms with Gasteiger partial charge in [0.05, 0.1) is 19.2 Å². The summed E-state index contributed by atoms with van der Waals surface area (Å²) in [5.74, 6) is -0.356. The largest absolute Gasteiger partial charge is 0.467 e. The summed E-state index contributed by atoms with van der Waals surface area (Å²) in [7, 11) is 1.31. The highest BCUT2D eigenvalue weighted by Crippen LogP contribution is 2.14. The van der Waals surface area contributed by atoms with Crippen molar-refractivity contribution in [2.45, 2.75) is 6.54 Å². The third kappa shape index (κ3) is 3.17. The maximum atomic E-state index is 11.3. The first-order valence-electron chi connectivity index (χ1n) is 5.89. The number of hydrogen-bond acceptors (Lipinski definition) is 5. The molecule has 6 nitrogen and oxygen atoms in total. The normalized spacial score (nSPS) is 10.1. The van der Waals surface area contributed by atoms with Gasteiger partial charge in [0.25, 0.3) is 0 Å². The van der Waals surface area contributed by atoms with Gasteiger partial charge in [-0.15, -0.1) is 0 Å². The second-order valence-electron chi connectivity index (χ2n) is 4.09. The quantitative estimate of drug-likeness (QED) is 0.810. The van der Waals surface area contributed by atoms with Gasteiger partial charge in [0.2, 0.25) is 5.91 Å². The van der Waals surface area contributed by atoms with Crippen LogP contribution >= 0.6 is 0 Å². The molecule has 1 aromatic carbocycles. The third-order valence-corrected chi connectivity index (χ3v) is 2.69. The summed E-state index contributed by atoms with van der Waals surface area (Å²) in [6.45, 7) is 0.374. The molecule has 0 saturated heterocycles. The SMILES string of the molecule is COC(=O)c1coc(CNc2cccc(C(N)=O)c2)c1. The highest BCUT2D eigenvalue weighted by molar-refractivity contribution is 5.93. The Morgan fingerprint density at radius 3 is 2.80 bits per heavy atom. The fourth-order valence-corrected chi connectivity index (χ4v) is 1.67. The third-order valence-electron chi connectivity index (χ3n) is 2.69. The fourth-order valence-electron chi connectivity index (χ4n) is 1.67. The van der Waals surface area contributed by atoms with Gasteiger partial charge in [0, 0.05) is 11.3 Å². The molecule has 2 aromatic rings. The van der Waals surface area contributed by atoms with Crippen LogP contribution in [0.1, 0.15) is 26.5 Å². The van der Waals surface area contributed by atoms with Gasteiger partial charge in [-0.2, -0.15) is 0 Å². The second kappa shape index (κ2) is 5.92. The Morgan fingerprint density at radius 2 is 2.10 bits per heavy atom. The molecule has 1 aromatic heterocycles. The Balaban J connectivity index is 2.01. The van der Waals surface area contributed by atoms with Gasteiger partial charge in [0.15, 0.2) is 0 Å². The van der Waals surface area contributed by atoms with Gasteiger partial charge in [-0.1, -0.05) is 6.07 Å². The number of nitrogens with two attached hydrogens (primary N) is 1. The van der Waals surface area contributed by atoms with Crippen molar-refractivity contribution in [3.05, 3.63) is 53.5 Å². The number of primary amides is 1. The monoisotopic (exact) mass is 274 g/mol. The first-order valence-corrected chi connectivity index (χ1v) is 5.89. The molecule has 0 aliphatic heterocycles. The molecule has 1 heterocycles. The molecule has 1 amide bonds. The number of furan rings is 1. The summed E-state index contributed by atoms with van der Waals surface area (Å²) in [5, 5.41) is 3.07. The van der Waals surface area contributed by atoms with Crippen molar-refractivity contribution in [2.75, 3.05) is 12.4 Å². The number of amides is 1. The topological polar surface area (TPSA) is 94.6 Å². The molecule has 0 spiro atoms. The predicted octanol–water partition coefficient (Wildman–Crippen LogP) is 1.78. The van der Waals surface area contributed by atoms with Crippen LogP contribution in [0.25, 0.3) is 0 Å². The van der Waals surface area contributed by atoms with Gasteiger partial charge >= 0.3 is 5.97 Å². The maximum Gasteiger partial charge on any atom is 0.341 e. The van der Waals surface area contributed by atoms with Crippen LogP contribution in [0.2, 0.25) is 0 Å². The second-order valence-corrected chi connectivity index (χ2v) is 4.09. The van der Waals surface area contributed by atoms with Crippen molar-refractivity contribution >= 4 is 17.6 Å². The van der Waals surface area contributed by atoms with Gasteiger partial charge in [-0.3, -0.25) is 4.79 Å². The number of ether oxygens (including phenoxy) is 1. The lowest BCUT2D eigenvalue weighted by molar-refractivity contribution is 0.0600. The van der Waals surface area contributed by atoms with Gasteiger partial charge < -0.3 is 20.2 Å². The molecule has 2 rings (SSSR count). The predicted molar refractivity (Wildman–Crippen MR) is 72.3 cm³/mol. The zero-order valence-electron chi connectivity index (χ0n) is 10.9. The van der Waals surface area contributed by atoms with Gasteiger partial charge in [0.1, 0.15) is 12.0 Å². The standard InChI is InChI=1S/C14H14N2O4/c1-19-14(18)10-6-12(20-8-10)7-16-11-4-2-3-9(5-11)13(15)17/h2-6,8,16H,7H2,1H3,(H2,15,17). The van der Waals surface area contributed by atoms with E-state index in [9.17, 15) is 9.59 Å². The fraction of sp³-hybridized carbons (Fsp3) is 0.143. The number of carbonyl (C=O) groups is 2. The molecule has 3 N–H and O–H groups in total. The first kappa shape index (κ1) is 13.7. The van der Waals surface area contributed by atoms with E-state index in [1.165, 1.54) is 13.4 Å². The van der Waals surface area contributed by atoms with Crippen LogP contribution in [0, 0.1) is 0 Å². The van der Waals surface area contributed by atoms with Crippen LogP contribution in [0.5, 0.6) is 0 Å². The lowest BCUT2D eigenvalue weighted by Crippen LogP contribution is -2.11. The number of benzene rings is 1. The van der Waals surface area contributed by atoms with E-state index >= 15 is 0 Å². The molecule has 104 valence electrons. The number of nitrogens with one attached hydrogen (secondary N) is 1. The Morgan fingerprint density at radius 1 is 1.30 bits per heavy atom. The van der Waals surface area contributed by atoms with Crippen molar-refractivity contribution in [3.8, 4) is 0 Å². The summed E-state index contributed by atoms with van der Waals surface area (Å²) in [4.78, 5) is 22.3. The van der Waals surface area contributed by atoms with Crippen LogP contribution in [0.3, 0.4) is 0 Å². The molecule has 20 heavy (non-hydrogen) atoms. The zero-order chi connectivity index (χ0) is 14.5. The van der Waals surface area contributed by atoms with E-state index in [-0.39, 0.29) is 0 Å². The minimum absolute atomic E-state index is 0.357. The van der Waals surface area contributed by atoms with Crippen LogP contribution < -0.4 is 11.1 Å². The number of methoxy groups -OCH3 is 1. The molecule has 0 unspecified atom stereocenters. The van der Waals surface area contributed by atoms with E-state index < -0.39 is 11.9 Å². The molecule has 6 heteroatoms. The van der Waals surface area contributed by atoms with E-state index in [1.54, 1.807) is 30.3 Å². The molecule has 0 bridgehead atoms. The number of esters is 1. The molecule has 0 radical (unpaired) electrons. The average Bonchev–Trinajstić information content (AvgIpc) is 2.93. The van der Waals surface area contributed by atoms with Crippen molar-refractivity contribution in [3.63, 3.8) is 0 Å². The molecule has 0 aliphatic rings. The van der Waals surface area contributed by atoms with Crippen LogP contribution in [-0.2, 0) is 11.3 Å². The molecular weight excluding hydrogens is 260 g/mol. The van der Waals surface area contributed by atoms with Crippen molar-refractivity contribution in [1.29, 1.82) is 0 Å². The maximum absolute atomic E-state index is 11.3. The molecule has 0 saturated carbocycles. The summed E-state index contributed by atoms with van der Waals surface area (Å²) in [6.07, 6.45) is 1.34. The molecule has 0 fully saturated rings. The first-order chi connectivity index (χ1) is 9.60. The average molecular weight is 274 g/mol. The highest BCUT2D eigenvalue weighted by Gasteiger charge is 2.10. The van der Waals surface area contributed by atoms with Crippen molar-refractivity contribution in [1.82, 2.24) is 0 Å². The summed E-state index contributed by atoms with van der Waals surface area (Å²) in [5.41, 5.74) is 6.72. The number of carbonyl (C=O) groups excluding carboxylic acids is 2. The smallest absolute Gasteiger partial charge is 0.341 e. The number of rotatable bonds is 5. The van der Waals surface area contributed by atoms with Crippen LogP contribution in [0.15, 0.2) is 41.0 Å². The van der Waals surface area contributed by atoms with Crippen molar-refractivity contribution < 1.29 is 18.7 Å². The minimum atomic E-state index is -0.486. The van der Waals surface area contributed by atoms with Crippen LogP contribution in [0.4, 0.5) is 5.69 Å². The Kier molecular flexibility index (Phi) is 4.05. The lowest BCUT2D eigenvalue weighted by atomic mass is 10.2. The molecule has 0 atom stereocenters. The lowest BCUT2D eigenvalue weighted by Gasteiger charge is -2.05. The summed E-state index contributed by atoms with van der Waals surface area (Å²) < 4.78 is 9.82. The van der Waals surface area contributed by atoms with Gasteiger partial charge in [-0.05, 0) is 24.3 Å². The van der Waals surface area contributed by atoms with Crippen molar-refractivity contribution in [2.24, 2.45) is 5.73 Å². The highest BCUT2D eigenvalue weighted by atomic mass is 16.5. The molecular formula is C14H14N2O4. The Hall–Kier alpha value is -2.76. The Bertz CT molecular complexity index is 634. The van der Waals surface area contributed by atoms with Gasteiger partial charge in [-0.25, -0.2) is 4.79 Å². The zero-order valence-corrected chi connectivity index (χ0v) is 10.9. The van der Waals surface area contributed by atoms with E-state index in [2.05, 4.69) is 10.1 Å². The van der Waals surface area contributed by atoms with Crippen LogP contribution in [-0.4, -0.2) is 19.0 Å². The Labute approximate surface area is 115 Å². The minimum Gasteiger partial charge on any atom is -0.467 e. The molecule has 0 aliphatic carbocycles. The number of anilines is 1. The number of hydrogen-bond donors (Lipinski definition) is 2. The van der Waals surface area contributed by atoms with E-state index in [4.69, 9.17) is 10.2 Å². The van der Waals surface area contributed by atoms with E-state index in [0.29, 0.717) is 23.4 Å². The summed E-state index contributed by atoms with van der Waals surface area (Å²) in [6, 6.07) is 8.40.